The first-order chi connectivity index (χ1) is 45.5. The first kappa shape index (κ1) is 83.8. The lowest BCUT2D eigenvalue weighted by Crippen LogP contribution is -2.62. The van der Waals surface area contributed by atoms with Gasteiger partial charge in [0.25, 0.3) is 5.91 Å². The molecule has 1 aliphatic heterocycles. The summed E-state index contributed by atoms with van der Waals surface area (Å²) in [5, 5.41) is 85.0. The Morgan fingerprint density at radius 2 is 1.21 bits per heavy atom. The van der Waals surface area contributed by atoms with Crippen molar-refractivity contribution < 1.29 is 111 Å². The monoisotopic (exact) mass is 1390 g/mol. The zero-order chi connectivity index (χ0) is 72.0. The van der Waals surface area contributed by atoms with Crippen LogP contribution in [0.25, 0.3) is 0 Å². The highest BCUT2D eigenvalue weighted by Gasteiger charge is 2.41. The Bertz CT molecular complexity index is 2840. The van der Waals surface area contributed by atoms with Gasteiger partial charge >= 0.3 is 29.8 Å². The van der Waals surface area contributed by atoms with Crippen molar-refractivity contribution in [3.05, 3.63) is 33.9 Å². The number of amides is 10. The number of unbranched alkanes of at least 4 members (excludes halogenated alkanes) is 11. The topological polar surface area (TPSA) is 577 Å². The van der Waals surface area contributed by atoms with Crippen molar-refractivity contribution in [2.24, 2.45) is 11.5 Å². The molecule has 1 saturated heterocycles. The second kappa shape index (κ2) is 45.2. The van der Waals surface area contributed by atoms with Gasteiger partial charge in [-0.3, -0.25) is 47.9 Å². The van der Waals surface area contributed by atoms with E-state index in [2.05, 4.69) is 49.5 Å². The number of carboxylic acids is 2. The van der Waals surface area contributed by atoms with Gasteiger partial charge in [0.05, 0.1) is 37.0 Å². The summed E-state index contributed by atoms with van der Waals surface area (Å²) in [6.45, 7) is 2.85. The standard InChI is InChI=1S/C59H95ClN12O24/c1-5-7-8-9-10-11-12-13-14-15-16-19-33(74)26-42(76)64-39-29-93-57(90)45(40(75)28-60)71-55(87)46(47(79)56(88)89)72-48(80)34(6-2)65-54(86)44(31(3)73)70-51(83)37(22-25-63-58(91)94-30-41-32(4)95-59(92)96-41)68-49(81)35(20-17-18-23-61)66-52(84)38(27-43(77)78)69-50(82)36(21-24-62)67-53(39)85/h6,31,33,35-40,44-47,73-75,79H,5,7-30,61-62H2,1-4H3,(H,63,91)(H,64,76)(H,65,86)(H,66,84)(H,67,85)(H,68,81)(H,69,82)(H,70,83)(H,71,87)(H,72,80)(H,77,78)(H,88,89)/b34-6+/t31-,33+,35-,36+,37-,38-,39-,40+,44-,45-,46-,47-/m0/s1. The second-order valence-electron chi connectivity index (χ2n) is 22.7. The number of carbonyl (C=O) groups excluding carboxylic acids is 11. The maximum Gasteiger partial charge on any atom is 0.519 e. The number of allylic oxidation sites excluding steroid dienone is 1. The van der Waals surface area contributed by atoms with E-state index in [4.69, 9.17) is 41.4 Å². The van der Waals surface area contributed by atoms with Crippen molar-refractivity contribution in [3.8, 4) is 0 Å². The number of aliphatic hydroxyl groups is 4. The molecule has 37 heteroatoms. The summed E-state index contributed by atoms with van der Waals surface area (Å²) < 4.78 is 19.9. The van der Waals surface area contributed by atoms with E-state index in [0.29, 0.717) is 6.42 Å². The third-order valence-electron chi connectivity index (χ3n) is 14.9. The number of rotatable bonds is 33. The molecule has 2 rings (SSSR count). The number of nitrogens with one attached hydrogen (secondary N) is 10. The molecule has 10 amide bonds. The number of nitrogens with two attached hydrogens (primary N) is 2. The number of hydrogen-bond donors (Lipinski definition) is 18. The largest absolute Gasteiger partial charge is 0.519 e. The van der Waals surface area contributed by atoms with Gasteiger partial charge in [0, 0.05) is 6.54 Å². The molecule has 0 bridgehead atoms. The van der Waals surface area contributed by atoms with Gasteiger partial charge < -0.3 is 114 Å². The molecule has 1 aromatic heterocycles. The predicted molar refractivity (Wildman–Crippen MR) is 336 cm³/mol. The van der Waals surface area contributed by atoms with E-state index in [-0.39, 0.29) is 43.7 Å². The number of carboxylic acid groups (broad SMARTS) is 2. The first-order valence-corrected chi connectivity index (χ1v) is 32.2. The number of esters is 1. The first-order valence-electron chi connectivity index (χ1n) is 31.7. The molecular formula is C59H95ClN12O24. The number of alkyl halides is 1. The Hall–Kier alpha value is -8.29. The van der Waals surface area contributed by atoms with Gasteiger partial charge in [-0.2, -0.15) is 0 Å². The summed E-state index contributed by atoms with van der Waals surface area (Å²) in [7, 11) is 0. The third-order valence-corrected chi connectivity index (χ3v) is 15.2. The minimum Gasteiger partial charge on any atom is -0.481 e. The second-order valence-corrected chi connectivity index (χ2v) is 23.0. The summed E-state index contributed by atoms with van der Waals surface area (Å²) in [5.41, 5.74) is 10.7. The predicted octanol–water partition coefficient (Wildman–Crippen LogP) is -3.56. The van der Waals surface area contributed by atoms with Gasteiger partial charge in [-0.1, -0.05) is 83.6 Å². The molecule has 36 nitrogen and oxygen atoms in total. The summed E-state index contributed by atoms with van der Waals surface area (Å²) >= 11 is 5.89. The SMILES string of the molecule is C/C=C1/NC(=O)[C@H]([C@H](C)O)NC(=O)[C@H](CCNC(=O)OCc2oc(=O)oc2C)NC(=O)[C@H](CCCCN)NC(=O)[C@H](CC(=O)O)NC(=O)[C@@H](CCN)NC(=O)[C@@H](NC(=O)C[C@H](O)CCCCCCCCCCCCC)COC(=O)[C@H]([C@H](O)CCl)NC(=O)[C@H]([C@H](O)C(=O)O)NC1=O. The molecule has 0 aliphatic carbocycles. The van der Waals surface area contributed by atoms with Gasteiger partial charge in [0.15, 0.2) is 30.3 Å². The van der Waals surface area contributed by atoms with E-state index in [1.807, 2.05) is 10.6 Å². The Balaban J connectivity index is 2.78. The molecule has 1 aromatic rings. The zero-order valence-electron chi connectivity index (χ0n) is 54.2. The normalized spacial score (nSPS) is 22.7. The number of ether oxygens (including phenoxy) is 2. The number of aliphatic carboxylic acids is 2. The van der Waals surface area contributed by atoms with E-state index in [9.17, 15) is 97.8 Å². The number of carbonyl (C=O) groups is 13. The maximum atomic E-state index is 14.4. The van der Waals surface area contributed by atoms with Crippen LogP contribution in [0.3, 0.4) is 0 Å². The van der Waals surface area contributed by atoms with Crippen molar-refractivity contribution in [1.82, 2.24) is 53.2 Å². The Morgan fingerprint density at radius 1 is 0.656 bits per heavy atom. The molecule has 0 radical (unpaired) electrons. The van der Waals surface area contributed by atoms with Gasteiger partial charge in [0.1, 0.15) is 54.6 Å². The Morgan fingerprint density at radius 3 is 1.75 bits per heavy atom. The lowest BCUT2D eigenvalue weighted by molar-refractivity contribution is -0.155. The van der Waals surface area contributed by atoms with Crippen LogP contribution in [-0.2, 0) is 73.6 Å². The van der Waals surface area contributed by atoms with E-state index in [0.717, 1.165) is 64.9 Å². The highest BCUT2D eigenvalue weighted by Crippen LogP contribution is 2.15. The summed E-state index contributed by atoms with van der Waals surface area (Å²) in [4.78, 5) is 189. The fourth-order valence-electron chi connectivity index (χ4n) is 9.42. The molecule has 0 unspecified atom stereocenters. The average molecular weight is 1390 g/mol. The number of hydrogen-bond acceptors (Lipinski definition) is 24. The average Bonchev–Trinajstić information content (AvgIpc) is 1.22. The number of halogens is 1. The van der Waals surface area contributed by atoms with Gasteiger partial charge in [-0.15, -0.1) is 11.6 Å². The third kappa shape index (κ3) is 31.1. The molecule has 1 aliphatic rings. The number of alkyl carbamates (subject to hydrolysis) is 1. The summed E-state index contributed by atoms with van der Waals surface area (Å²) in [6, 6.07) is -16.6. The highest BCUT2D eigenvalue weighted by atomic mass is 35.5. The summed E-state index contributed by atoms with van der Waals surface area (Å²) in [5.74, 6) is -19.9. The molecule has 1 fully saturated rings. The van der Waals surface area contributed by atoms with Crippen LogP contribution in [0.4, 0.5) is 4.79 Å². The van der Waals surface area contributed by atoms with Crippen LogP contribution < -0.4 is 70.5 Å². The highest BCUT2D eigenvalue weighted by molar-refractivity contribution is 6.18. The molecule has 12 atom stereocenters. The Kier molecular flexibility index (Phi) is 39.5. The van der Waals surface area contributed by atoms with Crippen LogP contribution in [0, 0.1) is 6.92 Å². The lowest BCUT2D eigenvalue weighted by Gasteiger charge is -2.29. The van der Waals surface area contributed by atoms with Crippen molar-refractivity contribution in [3.63, 3.8) is 0 Å². The maximum absolute atomic E-state index is 14.4. The molecule has 96 heavy (non-hydrogen) atoms. The number of cyclic esters (lactones) is 1. The van der Waals surface area contributed by atoms with E-state index < -0.39 is 219 Å². The van der Waals surface area contributed by atoms with Gasteiger partial charge in [-0.25, -0.2) is 19.2 Å². The Labute approximate surface area is 558 Å². The molecule has 20 N–H and O–H groups in total. The van der Waals surface area contributed by atoms with Crippen molar-refractivity contribution >= 4 is 88.8 Å². The molecule has 0 spiro atoms. The van der Waals surface area contributed by atoms with Crippen molar-refractivity contribution in [1.29, 1.82) is 0 Å². The zero-order valence-corrected chi connectivity index (χ0v) is 55.0. The van der Waals surface area contributed by atoms with E-state index in [1.54, 1.807) is 0 Å². The molecular weight excluding hydrogens is 1300 g/mol. The fourth-order valence-corrected chi connectivity index (χ4v) is 9.60. The van der Waals surface area contributed by atoms with Gasteiger partial charge in [0.2, 0.25) is 47.3 Å². The smallest absolute Gasteiger partial charge is 0.481 e. The number of aryl methyl sites for hydroxylation is 1. The summed E-state index contributed by atoms with van der Waals surface area (Å²) in [6.07, 6.45) is -0.181. The van der Waals surface area contributed by atoms with Crippen LogP contribution >= 0.6 is 11.6 Å². The minimum absolute atomic E-state index is 0.0208. The van der Waals surface area contributed by atoms with Crippen molar-refractivity contribution in [2.75, 3.05) is 32.1 Å². The van der Waals surface area contributed by atoms with Crippen LogP contribution in [0.5, 0.6) is 0 Å². The minimum atomic E-state index is -2.88. The number of aliphatic hydroxyl groups excluding tert-OH is 4. The lowest BCUT2D eigenvalue weighted by atomic mass is 10.0. The van der Waals surface area contributed by atoms with Crippen LogP contribution in [0.1, 0.15) is 154 Å². The fraction of sp³-hybridized carbons (Fsp3) is 0.695. The van der Waals surface area contributed by atoms with Crippen LogP contribution in [0.15, 0.2) is 25.4 Å². The quantitative estimate of drug-likeness (QED) is 0.0140. The van der Waals surface area contributed by atoms with Gasteiger partial charge in [-0.05, 0) is 72.4 Å². The van der Waals surface area contributed by atoms with Crippen molar-refractivity contribution in [2.45, 2.75) is 229 Å². The molecule has 2 heterocycles. The van der Waals surface area contributed by atoms with E-state index >= 15 is 0 Å². The van der Waals surface area contributed by atoms with Crippen LogP contribution in [-0.4, -0.2) is 213 Å². The molecule has 542 valence electrons. The molecule has 0 saturated carbocycles. The molecule has 0 aromatic carbocycles. The van der Waals surface area contributed by atoms with E-state index in [1.165, 1.54) is 26.2 Å². The van der Waals surface area contributed by atoms with Crippen LogP contribution in [0.2, 0.25) is 0 Å².